The molecule has 0 aliphatic carbocycles. The maximum atomic E-state index is 9.56. The number of benzene rings is 2. The van der Waals surface area contributed by atoms with Gasteiger partial charge in [0.25, 0.3) is 17.8 Å². The first-order chi connectivity index (χ1) is 14.5. The number of halogens is 2. The van der Waals surface area contributed by atoms with Crippen LogP contribution in [0.15, 0.2) is 51.4 Å². The number of aromatic hydroxyl groups is 2. The van der Waals surface area contributed by atoms with Gasteiger partial charge in [-0.2, -0.15) is 15.0 Å². The average Bonchev–Trinajstić information content (AvgIpc) is 2.70. The van der Waals surface area contributed by atoms with E-state index in [-0.39, 0.29) is 29.3 Å². The second-order valence-corrected chi connectivity index (χ2v) is 6.67. The molecule has 3 rings (SSSR count). The third kappa shape index (κ3) is 5.59. The normalized spacial score (nSPS) is 11.8. The molecule has 0 fully saturated rings. The van der Waals surface area contributed by atoms with Gasteiger partial charge in [-0.25, -0.2) is 15.0 Å². The zero-order valence-electron chi connectivity index (χ0n) is 15.7. The minimum Gasteiger partial charge on any atom is -0.504 e. The molecular formula is C20H16Cl2N6O2. The molecule has 2 N–H and O–H groups in total. The van der Waals surface area contributed by atoms with Crippen molar-refractivity contribution in [1.29, 1.82) is 0 Å². The molecule has 0 saturated heterocycles. The van der Waals surface area contributed by atoms with Crippen molar-refractivity contribution in [3.8, 4) is 11.5 Å². The summed E-state index contributed by atoms with van der Waals surface area (Å²) in [6, 6.07) is 9.66. The summed E-state index contributed by atoms with van der Waals surface area (Å²) in [5.74, 6) is -0.0202. The first-order valence-electron chi connectivity index (χ1n) is 8.72. The Morgan fingerprint density at radius 3 is 2.13 bits per heavy atom. The summed E-state index contributed by atoms with van der Waals surface area (Å²) >= 11 is 12.3. The molecule has 152 valence electrons. The van der Waals surface area contributed by atoms with Gasteiger partial charge in [0.2, 0.25) is 0 Å². The van der Waals surface area contributed by atoms with Crippen LogP contribution in [0.4, 0.5) is 17.8 Å². The predicted molar refractivity (Wildman–Crippen MR) is 119 cm³/mol. The van der Waals surface area contributed by atoms with Crippen LogP contribution in [-0.2, 0) is 6.42 Å². The molecule has 0 aliphatic rings. The number of phenols is 2. The highest BCUT2D eigenvalue weighted by atomic mass is 35.5. The smallest absolute Gasteiger partial charge is 0.256 e. The molecule has 2 aromatic carbocycles. The van der Waals surface area contributed by atoms with Crippen LogP contribution in [0.5, 0.6) is 11.5 Å². The summed E-state index contributed by atoms with van der Waals surface area (Å²) in [5.41, 5.74) is 1.29. The van der Waals surface area contributed by atoms with Crippen molar-refractivity contribution < 1.29 is 10.2 Å². The number of aliphatic imine (C=N–C) groups is 3. The summed E-state index contributed by atoms with van der Waals surface area (Å²) in [4.78, 5) is 25.0. The van der Waals surface area contributed by atoms with E-state index in [1.807, 2.05) is 0 Å². The third-order valence-corrected chi connectivity index (χ3v) is 4.39. The Hall–Kier alpha value is -3.36. The quantitative estimate of drug-likeness (QED) is 0.411. The lowest BCUT2D eigenvalue weighted by molar-refractivity contribution is 0.403. The predicted octanol–water partition coefficient (Wildman–Crippen LogP) is 5.01. The van der Waals surface area contributed by atoms with E-state index in [0.717, 1.165) is 5.56 Å². The molecule has 0 atom stereocenters. The van der Waals surface area contributed by atoms with Gasteiger partial charge in [-0.05, 0) is 36.8 Å². The number of hydrogen-bond donors (Lipinski definition) is 2. The summed E-state index contributed by atoms with van der Waals surface area (Å²) in [6.07, 6.45) is 4.96. The Morgan fingerprint density at radius 2 is 1.50 bits per heavy atom. The second-order valence-electron chi connectivity index (χ2n) is 5.86. The Labute approximate surface area is 182 Å². The summed E-state index contributed by atoms with van der Waals surface area (Å²) in [5, 5.41) is 19.8. The fraction of sp³-hybridized carbons (Fsp3) is 0.100. The Bertz CT molecular complexity index is 1130. The van der Waals surface area contributed by atoms with E-state index in [4.69, 9.17) is 23.2 Å². The second kappa shape index (κ2) is 9.91. The molecule has 0 bridgehead atoms. The standard InChI is InChI=1S/C20H16Cl2N6O2/c1-2-23-18-26-19(24-9-8-12-6-7-16(29)17(30)10-12)28-20(27-18)25-11-13-14(21)4-3-5-15(13)22/h2-7,9-11,29-30H,8H2,1H3. The van der Waals surface area contributed by atoms with E-state index in [1.165, 1.54) is 18.3 Å². The van der Waals surface area contributed by atoms with Gasteiger partial charge in [0.15, 0.2) is 11.5 Å². The summed E-state index contributed by atoms with van der Waals surface area (Å²) < 4.78 is 0. The average molecular weight is 443 g/mol. The van der Waals surface area contributed by atoms with E-state index >= 15 is 0 Å². The highest BCUT2D eigenvalue weighted by molar-refractivity contribution is 6.38. The number of nitrogens with zero attached hydrogens (tertiary/aromatic N) is 6. The van der Waals surface area contributed by atoms with Crippen molar-refractivity contribution in [1.82, 2.24) is 15.0 Å². The van der Waals surface area contributed by atoms with Crippen molar-refractivity contribution in [2.45, 2.75) is 13.3 Å². The van der Waals surface area contributed by atoms with Crippen LogP contribution < -0.4 is 0 Å². The lowest BCUT2D eigenvalue weighted by Crippen LogP contribution is -1.91. The molecule has 0 saturated carbocycles. The lowest BCUT2D eigenvalue weighted by atomic mass is 10.1. The van der Waals surface area contributed by atoms with Crippen molar-refractivity contribution in [3.63, 3.8) is 0 Å². The molecule has 0 spiro atoms. The van der Waals surface area contributed by atoms with Crippen molar-refractivity contribution >= 4 is 59.7 Å². The third-order valence-electron chi connectivity index (χ3n) is 3.73. The van der Waals surface area contributed by atoms with Gasteiger partial charge in [-0.15, -0.1) is 0 Å². The topological polar surface area (TPSA) is 116 Å². The maximum Gasteiger partial charge on any atom is 0.256 e. The van der Waals surface area contributed by atoms with Gasteiger partial charge >= 0.3 is 0 Å². The number of rotatable bonds is 6. The van der Waals surface area contributed by atoms with Crippen LogP contribution in [-0.4, -0.2) is 43.8 Å². The molecule has 0 radical (unpaired) electrons. The molecule has 1 heterocycles. The van der Waals surface area contributed by atoms with Gasteiger partial charge in [0.1, 0.15) is 0 Å². The zero-order valence-corrected chi connectivity index (χ0v) is 17.2. The van der Waals surface area contributed by atoms with E-state index in [1.54, 1.807) is 43.6 Å². The van der Waals surface area contributed by atoms with E-state index in [0.29, 0.717) is 22.0 Å². The fourth-order valence-electron chi connectivity index (χ4n) is 2.32. The van der Waals surface area contributed by atoms with Crippen LogP contribution in [0.25, 0.3) is 0 Å². The summed E-state index contributed by atoms with van der Waals surface area (Å²) in [7, 11) is 0. The number of phenolic OH excluding ortho intramolecular Hbond substituents is 2. The molecule has 3 aromatic rings. The maximum absolute atomic E-state index is 9.56. The molecule has 30 heavy (non-hydrogen) atoms. The summed E-state index contributed by atoms with van der Waals surface area (Å²) in [6.45, 7) is 1.73. The van der Waals surface area contributed by atoms with E-state index in [2.05, 4.69) is 29.9 Å². The Balaban J connectivity index is 1.85. The van der Waals surface area contributed by atoms with Gasteiger partial charge < -0.3 is 10.2 Å². The highest BCUT2D eigenvalue weighted by Crippen LogP contribution is 2.25. The van der Waals surface area contributed by atoms with E-state index < -0.39 is 0 Å². The highest BCUT2D eigenvalue weighted by Gasteiger charge is 2.06. The molecule has 0 unspecified atom stereocenters. The fourth-order valence-corrected chi connectivity index (χ4v) is 2.81. The van der Waals surface area contributed by atoms with Crippen LogP contribution in [0.3, 0.4) is 0 Å². The Kier molecular flexibility index (Phi) is 7.05. The molecule has 8 nitrogen and oxygen atoms in total. The molecule has 1 aromatic heterocycles. The van der Waals surface area contributed by atoms with Gasteiger partial charge in [0.05, 0.1) is 10.0 Å². The van der Waals surface area contributed by atoms with E-state index in [9.17, 15) is 10.2 Å². The minimum absolute atomic E-state index is 0.0935. The van der Waals surface area contributed by atoms with Gasteiger partial charge in [-0.1, -0.05) is 35.3 Å². The SMILES string of the molecule is CC=Nc1nc(N=CCc2ccc(O)c(O)c2)nc(N=Cc2c(Cl)cccc2Cl)n1. The largest absolute Gasteiger partial charge is 0.504 e. The zero-order chi connectivity index (χ0) is 21.5. The molecule has 0 amide bonds. The minimum atomic E-state index is -0.199. The first kappa shape index (κ1) is 21.4. The Morgan fingerprint density at radius 1 is 0.867 bits per heavy atom. The van der Waals surface area contributed by atoms with Crippen molar-refractivity contribution in [3.05, 3.63) is 57.6 Å². The lowest BCUT2D eigenvalue weighted by Gasteiger charge is -2.01. The van der Waals surface area contributed by atoms with Gasteiger partial charge in [0, 0.05) is 30.6 Å². The molecular weight excluding hydrogens is 427 g/mol. The van der Waals surface area contributed by atoms with Crippen LogP contribution >= 0.6 is 23.2 Å². The van der Waals surface area contributed by atoms with Crippen LogP contribution in [0.1, 0.15) is 18.1 Å². The van der Waals surface area contributed by atoms with Crippen LogP contribution in [0.2, 0.25) is 10.0 Å². The van der Waals surface area contributed by atoms with Crippen molar-refractivity contribution in [2.24, 2.45) is 15.0 Å². The van der Waals surface area contributed by atoms with Crippen LogP contribution in [0, 0.1) is 0 Å². The molecule has 10 heteroatoms. The van der Waals surface area contributed by atoms with Gasteiger partial charge in [-0.3, -0.25) is 0 Å². The number of aromatic nitrogens is 3. The van der Waals surface area contributed by atoms with Crippen molar-refractivity contribution in [2.75, 3.05) is 0 Å². The monoisotopic (exact) mass is 442 g/mol. The number of hydrogen-bond acceptors (Lipinski definition) is 8. The first-order valence-corrected chi connectivity index (χ1v) is 9.48. The molecule has 0 aliphatic heterocycles.